The van der Waals surface area contributed by atoms with Crippen molar-refractivity contribution in [2.45, 2.75) is 13.3 Å². The second-order valence-corrected chi connectivity index (χ2v) is 3.62. The van der Waals surface area contributed by atoms with Crippen LogP contribution in [0.5, 0.6) is 5.75 Å². The second-order valence-electron chi connectivity index (χ2n) is 3.21. The van der Waals surface area contributed by atoms with Crippen LogP contribution in [-0.4, -0.2) is 18.9 Å². The Morgan fingerprint density at radius 3 is 2.58 bits per heavy atom. The Hall–Kier alpha value is -1.94. The molecule has 0 bridgehead atoms. The first kappa shape index (κ1) is 15.1. The van der Waals surface area contributed by atoms with Crippen molar-refractivity contribution in [2.24, 2.45) is 0 Å². The molecule has 19 heavy (non-hydrogen) atoms. The van der Waals surface area contributed by atoms with E-state index in [9.17, 15) is 18.0 Å². The smallest absolute Gasteiger partial charge is 0.462 e. The normalized spacial score (nSPS) is 10.7. The van der Waals surface area contributed by atoms with Gasteiger partial charge in [-0.05, 0) is 13.0 Å². The molecule has 0 heterocycles. The number of rotatable bonds is 3. The molecule has 0 spiro atoms. The number of hydrogen-bond acceptors (Lipinski definition) is 4. The third kappa shape index (κ3) is 4.03. The molecule has 102 valence electrons. The Morgan fingerprint density at radius 1 is 1.47 bits per heavy atom. The predicted molar refractivity (Wildman–Crippen MR) is 58.8 cm³/mol. The quantitative estimate of drug-likeness (QED) is 0.802. The van der Waals surface area contributed by atoms with E-state index in [0.29, 0.717) is 0 Å². The summed E-state index contributed by atoms with van der Waals surface area (Å²) >= 11 is 5.65. The van der Waals surface area contributed by atoms with Gasteiger partial charge >= 0.3 is 12.3 Å². The van der Waals surface area contributed by atoms with Crippen LogP contribution >= 0.6 is 11.6 Å². The van der Waals surface area contributed by atoms with E-state index in [1.807, 2.05) is 0 Å². The third-order valence-electron chi connectivity index (χ3n) is 1.91. The molecular formula is C11H7ClF3NO3. The molecule has 0 aliphatic heterocycles. The van der Waals surface area contributed by atoms with Crippen LogP contribution in [0.1, 0.15) is 22.8 Å². The van der Waals surface area contributed by atoms with Crippen molar-refractivity contribution >= 4 is 17.6 Å². The molecule has 8 heteroatoms. The number of nitriles is 1. The van der Waals surface area contributed by atoms with Crippen LogP contribution in [0.15, 0.2) is 12.1 Å². The molecule has 0 aromatic heterocycles. The summed E-state index contributed by atoms with van der Waals surface area (Å²) in [6.45, 7) is 1.47. The van der Waals surface area contributed by atoms with Gasteiger partial charge in [0, 0.05) is 6.07 Å². The van der Waals surface area contributed by atoms with Gasteiger partial charge in [0.15, 0.2) is 0 Å². The predicted octanol–water partition coefficient (Wildman–Crippen LogP) is 3.29. The van der Waals surface area contributed by atoms with Crippen molar-refractivity contribution in [3.8, 4) is 11.8 Å². The van der Waals surface area contributed by atoms with Crippen LogP contribution < -0.4 is 4.74 Å². The number of halogens is 4. The van der Waals surface area contributed by atoms with Crippen LogP contribution in [0.2, 0.25) is 5.02 Å². The number of carbonyl (C=O) groups excluding carboxylic acids is 1. The van der Waals surface area contributed by atoms with Crippen molar-refractivity contribution in [2.75, 3.05) is 6.61 Å². The standard InChI is InChI=1S/C11H7ClF3NO3/c1-2-18-10(17)7-4-8(12)6(5-16)3-9(7)19-11(13,14)15/h3-4H,2H2,1H3. The number of carbonyl (C=O) groups is 1. The zero-order valence-electron chi connectivity index (χ0n) is 9.55. The molecule has 0 N–H and O–H groups in total. The Kier molecular flexibility index (Phi) is 4.62. The van der Waals surface area contributed by atoms with E-state index in [2.05, 4.69) is 9.47 Å². The molecule has 1 aromatic rings. The van der Waals surface area contributed by atoms with Gasteiger partial charge in [-0.1, -0.05) is 11.6 Å². The van der Waals surface area contributed by atoms with E-state index in [4.69, 9.17) is 16.9 Å². The van der Waals surface area contributed by atoms with E-state index in [1.165, 1.54) is 6.92 Å². The maximum Gasteiger partial charge on any atom is 0.573 e. The topological polar surface area (TPSA) is 59.3 Å². The highest BCUT2D eigenvalue weighted by atomic mass is 35.5. The maximum absolute atomic E-state index is 12.2. The van der Waals surface area contributed by atoms with Gasteiger partial charge in [0.05, 0.1) is 17.2 Å². The number of esters is 1. The lowest BCUT2D eigenvalue weighted by atomic mass is 10.1. The number of hydrogen-bond donors (Lipinski definition) is 0. The largest absolute Gasteiger partial charge is 0.573 e. The van der Waals surface area contributed by atoms with Crippen molar-refractivity contribution in [1.29, 1.82) is 5.26 Å². The van der Waals surface area contributed by atoms with Gasteiger partial charge in [-0.15, -0.1) is 13.2 Å². The first-order valence-electron chi connectivity index (χ1n) is 4.95. The average molecular weight is 294 g/mol. The van der Waals surface area contributed by atoms with Crippen molar-refractivity contribution < 1.29 is 27.4 Å². The third-order valence-corrected chi connectivity index (χ3v) is 2.22. The SMILES string of the molecule is CCOC(=O)c1cc(Cl)c(C#N)cc1OC(F)(F)F. The first-order chi connectivity index (χ1) is 8.78. The molecule has 0 unspecified atom stereocenters. The van der Waals surface area contributed by atoms with Crippen LogP contribution in [0, 0.1) is 11.3 Å². The minimum absolute atomic E-state index is 0.0259. The summed E-state index contributed by atoms with van der Waals surface area (Å²) in [5, 5.41) is 8.52. The van der Waals surface area contributed by atoms with E-state index in [0.717, 1.165) is 12.1 Å². The van der Waals surface area contributed by atoms with Crippen molar-refractivity contribution in [3.05, 3.63) is 28.3 Å². The van der Waals surface area contributed by atoms with E-state index < -0.39 is 23.6 Å². The lowest BCUT2D eigenvalue weighted by Crippen LogP contribution is -2.19. The Morgan fingerprint density at radius 2 is 2.11 bits per heavy atom. The van der Waals surface area contributed by atoms with Crippen molar-refractivity contribution in [3.63, 3.8) is 0 Å². The summed E-state index contributed by atoms with van der Waals surface area (Å²) < 4.78 is 44.9. The molecular weight excluding hydrogens is 287 g/mol. The number of ether oxygens (including phenoxy) is 2. The number of nitrogens with zero attached hydrogens (tertiary/aromatic N) is 1. The lowest BCUT2D eigenvalue weighted by molar-refractivity contribution is -0.274. The van der Waals surface area contributed by atoms with E-state index in [-0.39, 0.29) is 17.2 Å². The minimum Gasteiger partial charge on any atom is -0.462 e. The zero-order chi connectivity index (χ0) is 14.6. The Bertz CT molecular complexity index is 537. The summed E-state index contributed by atoms with van der Waals surface area (Å²) in [7, 11) is 0. The highest BCUT2D eigenvalue weighted by Gasteiger charge is 2.33. The average Bonchev–Trinajstić information content (AvgIpc) is 2.29. The zero-order valence-corrected chi connectivity index (χ0v) is 10.3. The molecule has 0 fully saturated rings. The Labute approximate surface area is 111 Å². The fourth-order valence-electron chi connectivity index (χ4n) is 1.22. The molecule has 0 atom stereocenters. The number of benzene rings is 1. The fourth-order valence-corrected chi connectivity index (χ4v) is 1.42. The molecule has 0 saturated heterocycles. The molecule has 4 nitrogen and oxygen atoms in total. The first-order valence-corrected chi connectivity index (χ1v) is 5.32. The highest BCUT2D eigenvalue weighted by molar-refractivity contribution is 6.32. The molecule has 1 aromatic carbocycles. The lowest BCUT2D eigenvalue weighted by Gasteiger charge is -2.13. The summed E-state index contributed by atoms with van der Waals surface area (Å²) in [6, 6.07) is 3.23. The van der Waals surface area contributed by atoms with Gasteiger partial charge in [-0.3, -0.25) is 0 Å². The van der Waals surface area contributed by atoms with Crippen LogP contribution in [0.25, 0.3) is 0 Å². The minimum atomic E-state index is -5.00. The van der Waals surface area contributed by atoms with Gasteiger partial charge < -0.3 is 9.47 Å². The molecule has 0 aliphatic carbocycles. The molecule has 1 rings (SSSR count). The van der Waals surface area contributed by atoms with Crippen LogP contribution in [0.4, 0.5) is 13.2 Å². The monoisotopic (exact) mass is 293 g/mol. The summed E-state index contributed by atoms with van der Waals surface area (Å²) in [6.07, 6.45) is -5.00. The fraction of sp³-hybridized carbons (Fsp3) is 0.273. The molecule has 0 amide bonds. The van der Waals surface area contributed by atoms with Gasteiger partial charge in [-0.2, -0.15) is 5.26 Å². The molecule has 0 saturated carbocycles. The second kappa shape index (κ2) is 5.80. The maximum atomic E-state index is 12.2. The molecule has 0 aliphatic rings. The van der Waals surface area contributed by atoms with Gasteiger partial charge in [-0.25, -0.2) is 4.79 Å². The number of alkyl halides is 3. The van der Waals surface area contributed by atoms with E-state index in [1.54, 1.807) is 6.07 Å². The summed E-state index contributed by atoms with van der Waals surface area (Å²) in [5.74, 6) is -1.85. The summed E-state index contributed by atoms with van der Waals surface area (Å²) in [4.78, 5) is 11.5. The van der Waals surface area contributed by atoms with Gasteiger partial charge in [0.2, 0.25) is 0 Å². The van der Waals surface area contributed by atoms with Gasteiger partial charge in [0.25, 0.3) is 0 Å². The highest BCUT2D eigenvalue weighted by Crippen LogP contribution is 2.31. The summed E-state index contributed by atoms with van der Waals surface area (Å²) in [5.41, 5.74) is -0.739. The Balaban J connectivity index is 3.31. The van der Waals surface area contributed by atoms with Crippen molar-refractivity contribution in [1.82, 2.24) is 0 Å². The van der Waals surface area contributed by atoms with Gasteiger partial charge in [0.1, 0.15) is 17.4 Å². The van der Waals surface area contributed by atoms with E-state index >= 15 is 0 Å². The molecule has 0 radical (unpaired) electrons. The van der Waals surface area contributed by atoms with Crippen LogP contribution in [0.3, 0.4) is 0 Å². The van der Waals surface area contributed by atoms with Crippen LogP contribution in [-0.2, 0) is 4.74 Å².